The van der Waals surface area contributed by atoms with E-state index in [1.807, 2.05) is 54.6 Å². The highest BCUT2D eigenvalue weighted by molar-refractivity contribution is 6.03. The predicted octanol–water partition coefficient (Wildman–Crippen LogP) is 4.85. The molecule has 0 aliphatic rings. The van der Waals surface area contributed by atoms with Crippen molar-refractivity contribution in [2.45, 2.75) is 13.8 Å². The molecule has 3 aromatic rings. The van der Waals surface area contributed by atoms with Crippen LogP contribution in [0.5, 0.6) is 0 Å². The highest BCUT2D eigenvalue weighted by Crippen LogP contribution is 2.35. The fourth-order valence-corrected chi connectivity index (χ4v) is 2.89. The summed E-state index contributed by atoms with van der Waals surface area (Å²) in [5.41, 5.74) is 3.06. The lowest BCUT2D eigenvalue weighted by Gasteiger charge is -2.10. The van der Waals surface area contributed by atoms with Gasteiger partial charge in [-0.1, -0.05) is 48.5 Å². The van der Waals surface area contributed by atoms with Crippen LogP contribution in [0.25, 0.3) is 28.2 Å². The Labute approximate surface area is 151 Å². The summed E-state index contributed by atoms with van der Waals surface area (Å²) in [4.78, 5) is 23.8. The molecule has 0 radical (unpaired) electrons. The van der Waals surface area contributed by atoms with E-state index in [0.29, 0.717) is 5.69 Å². The van der Waals surface area contributed by atoms with Gasteiger partial charge in [-0.15, -0.1) is 0 Å². The third-order valence-electron chi connectivity index (χ3n) is 3.88. The van der Waals surface area contributed by atoms with Crippen molar-refractivity contribution in [1.29, 1.82) is 0 Å². The minimum Gasteiger partial charge on any atom is -0.449 e. The van der Waals surface area contributed by atoms with Crippen molar-refractivity contribution in [3.63, 3.8) is 0 Å². The highest BCUT2D eigenvalue weighted by atomic mass is 16.5. The van der Waals surface area contributed by atoms with Crippen molar-refractivity contribution in [3.8, 4) is 11.3 Å². The summed E-state index contributed by atoms with van der Waals surface area (Å²) in [7, 11) is 0. The fourth-order valence-electron chi connectivity index (χ4n) is 2.89. The Morgan fingerprint density at radius 1 is 1.04 bits per heavy atom. The van der Waals surface area contributed by atoms with Crippen molar-refractivity contribution in [3.05, 3.63) is 66.4 Å². The van der Waals surface area contributed by atoms with Gasteiger partial charge >= 0.3 is 12.1 Å². The summed E-state index contributed by atoms with van der Waals surface area (Å²) in [6, 6.07) is 17.1. The number of rotatable bonds is 4. The number of benzene rings is 2. The predicted molar refractivity (Wildman–Crippen MR) is 101 cm³/mol. The molecule has 1 heterocycles. The molecule has 0 saturated heterocycles. The van der Waals surface area contributed by atoms with E-state index in [1.54, 1.807) is 17.6 Å². The first-order valence-electron chi connectivity index (χ1n) is 8.33. The van der Waals surface area contributed by atoms with E-state index in [4.69, 9.17) is 9.47 Å². The molecule has 0 N–H and O–H groups in total. The fraction of sp³-hybridized carbons (Fsp3) is 0.143. The molecule has 3 rings (SSSR count). The Kier molecular flexibility index (Phi) is 5.17. The molecule has 26 heavy (non-hydrogen) atoms. The molecular formula is C21H19NO4. The van der Waals surface area contributed by atoms with Crippen LogP contribution in [0.3, 0.4) is 0 Å². The minimum absolute atomic E-state index is 0.276. The van der Waals surface area contributed by atoms with Crippen LogP contribution in [-0.4, -0.2) is 23.2 Å². The van der Waals surface area contributed by atoms with Gasteiger partial charge in [0.2, 0.25) is 0 Å². The van der Waals surface area contributed by atoms with Crippen LogP contribution in [-0.2, 0) is 14.3 Å². The number of nitrogens with zero attached hydrogens (tertiary/aromatic N) is 1. The monoisotopic (exact) mass is 349 g/mol. The van der Waals surface area contributed by atoms with Gasteiger partial charge in [0.05, 0.1) is 24.1 Å². The maximum absolute atomic E-state index is 12.7. The van der Waals surface area contributed by atoms with Crippen LogP contribution >= 0.6 is 0 Å². The second kappa shape index (κ2) is 7.70. The molecule has 5 heteroatoms. The average Bonchev–Trinajstić information content (AvgIpc) is 2.97. The first-order valence-corrected chi connectivity index (χ1v) is 8.33. The van der Waals surface area contributed by atoms with E-state index in [-0.39, 0.29) is 6.61 Å². The van der Waals surface area contributed by atoms with Crippen molar-refractivity contribution in [2.24, 2.45) is 0 Å². The zero-order valence-electron chi connectivity index (χ0n) is 14.6. The number of aromatic nitrogens is 1. The van der Waals surface area contributed by atoms with E-state index in [0.717, 1.165) is 22.0 Å². The summed E-state index contributed by atoms with van der Waals surface area (Å²) in [6.07, 6.45) is 2.59. The Morgan fingerprint density at radius 3 is 2.42 bits per heavy atom. The van der Waals surface area contributed by atoms with Gasteiger partial charge in [-0.3, -0.25) is 4.79 Å². The smallest absolute Gasteiger partial charge is 0.418 e. The van der Waals surface area contributed by atoms with Gasteiger partial charge in [0, 0.05) is 17.9 Å². The maximum Gasteiger partial charge on any atom is 0.418 e. The summed E-state index contributed by atoms with van der Waals surface area (Å²) in [5, 5.41) is 0.864. The van der Waals surface area contributed by atoms with Crippen LogP contribution in [0.4, 0.5) is 4.79 Å². The van der Waals surface area contributed by atoms with Crippen LogP contribution < -0.4 is 0 Å². The summed E-state index contributed by atoms with van der Waals surface area (Å²) in [6.45, 7) is 3.38. The largest absolute Gasteiger partial charge is 0.449 e. The number of ether oxygens (including phenoxy) is 2. The molecule has 0 unspecified atom stereocenters. The van der Waals surface area contributed by atoms with Gasteiger partial charge in [0.1, 0.15) is 0 Å². The third-order valence-corrected chi connectivity index (χ3v) is 3.88. The molecule has 0 atom stereocenters. The highest BCUT2D eigenvalue weighted by Gasteiger charge is 2.22. The van der Waals surface area contributed by atoms with Gasteiger partial charge in [-0.25, -0.2) is 9.36 Å². The Bertz CT molecular complexity index is 970. The van der Waals surface area contributed by atoms with E-state index >= 15 is 0 Å². The average molecular weight is 349 g/mol. The second-order valence-electron chi connectivity index (χ2n) is 5.59. The molecule has 0 amide bonds. The van der Waals surface area contributed by atoms with Gasteiger partial charge in [0.25, 0.3) is 0 Å². The molecule has 0 aliphatic heterocycles. The number of carbonyl (C=O) groups is 2. The number of para-hydroxylation sites is 1. The summed E-state index contributed by atoms with van der Waals surface area (Å²) >= 11 is 0. The first-order chi connectivity index (χ1) is 12.6. The Hall–Kier alpha value is -3.34. The van der Waals surface area contributed by atoms with Gasteiger partial charge < -0.3 is 9.47 Å². The van der Waals surface area contributed by atoms with Gasteiger partial charge in [-0.05, 0) is 24.6 Å². The van der Waals surface area contributed by atoms with E-state index < -0.39 is 12.1 Å². The lowest BCUT2D eigenvalue weighted by atomic mass is 10.1. The van der Waals surface area contributed by atoms with Crippen LogP contribution in [0.1, 0.15) is 19.4 Å². The summed E-state index contributed by atoms with van der Waals surface area (Å²) in [5.74, 6) is -0.406. The first kappa shape index (κ1) is 17.5. The molecule has 5 nitrogen and oxygen atoms in total. The second-order valence-corrected chi connectivity index (χ2v) is 5.59. The molecular weight excluding hydrogens is 330 g/mol. The molecule has 0 saturated carbocycles. The van der Waals surface area contributed by atoms with Gasteiger partial charge in [-0.2, -0.15) is 0 Å². The van der Waals surface area contributed by atoms with E-state index in [1.165, 1.54) is 13.2 Å². The minimum atomic E-state index is -0.449. The molecule has 0 bridgehead atoms. The SMILES string of the molecule is CCOC(=O)n1c(-c2ccccc2)c(/C=C/OC(C)=O)c2ccccc21. The van der Waals surface area contributed by atoms with Crippen molar-refractivity contribution < 1.29 is 19.1 Å². The Morgan fingerprint density at radius 2 is 1.73 bits per heavy atom. The number of fused-ring (bicyclic) bond motifs is 1. The number of hydrogen-bond acceptors (Lipinski definition) is 4. The standard InChI is InChI=1S/C21H19NO4/c1-3-25-21(24)22-19-12-8-7-11-17(19)18(13-14-26-15(2)23)20(22)16-9-5-4-6-10-16/h4-14H,3H2,1-2H3/b14-13+. The molecule has 132 valence electrons. The topological polar surface area (TPSA) is 57.5 Å². The molecule has 1 aromatic heterocycles. The van der Waals surface area contributed by atoms with E-state index in [9.17, 15) is 9.59 Å². The number of esters is 1. The van der Waals surface area contributed by atoms with Gasteiger partial charge in [0.15, 0.2) is 0 Å². The molecule has 0 fully saturated rings. The Balaban J connectivity index is 2.31. The van der Waals surface area contributed by atoms with Crippen LogP contribution in [0.15, 0.2) is 60.9 Å². The van der Waals surface area contributed by atoms with Crippen LogP contribution in [0, 0.1) is 0 Å². The van der Waals surface area contributed by atoms with Crippen molar-refractivity contribution >= 4 is 29.0 Å². The lowest BCUT2D eigenvalue weighted by molar-refractivity contribution is -0.135. The van der Waals surface area contributed by atoms with Crippen molar-refractivity contribution in [2.75, 3.05) is 6.61 Å². The van der Waals surface area contributed by atoms with Crippen molar-refractivity contribution in [1.82, 2.24) is 4.57 Å². The molecule has 0 spiro atoms. The summed E-state index contributed by atoms with van der Waals surface area (Å²) < 4.78 is 11.8. The third kappa shape index (κ3) is 3.37. The normalized spacial score (nSPS) is 11.0. The van der Waals surface area contributed by atoms with E-state index in [2.05, 4.69) is 0 Å². The lowest BCUT2D eigenvalue weighted by Crippen LogP contribution is -2.14. The van der Waals surface area contributed by atoms with Crippen LogP contribution in [0.2, 0.25) is 0 Å². The quantitative estimate of drug-likeness (QED) is 0.499. The maximum atomic E-state index is 12.7. The number of hydrogen-bond donors (Lipinski definition) is 0. The zero-order valence-corrected chi connectivity index (χ0v) is 14.6. The zero-order chi connectivity index (χ0) is 18.5. The molecule has 2 aromatic carbocycles. The number of carbonyl (C=O) groups excluding carboxylic acids is 2. The molecule has 0 aliphatic carbocycles.